The van der Waals surface area contributed by atoms with E-state index in [-0.39, 0.29) is 17.0 Å². The van der Waals surface area contributed by atoms with Gasteiger partial charge >= 0.3 is 31.8 Å². The van der Waals surface area contributed by atoms with Gasteiger partial charge in [0.05, 0.1) is 24.5 Å². The summed E-state index contributed by atoms with van der Waals surface area (Å²) in [5.41, 5.74) is 4.07. The lowest BCUT2D eigenvalue weighted by Gasteiger charge is -2.28. The Morgan fingerprint density at radius 2 is 1.74 bits per heavy atom. The standard InChI is InChI=1S/C27H37N6O13P/c1-14(2)42-25(36)16(5)32-47(38,41-13-39-26(37)43-15(3)4)40-10-20-22(44-17(6)34)23(45-18(7)35)27(11-28,46-20)21-9-8-19-24(29)30-12-31-33(19)21/h8-9,12,14-16,20,22-23H,10,13H2,1-7H3,(H,32,38)(H2,29,30,31)/t16-,20+,22+,23+,27-,47+/m0/s1. The van der Waals surface area contributed by atoms with Crippen LogP contribution in [0.4, 0.5) is 10.6 Å². The maximum atomic E-state index is 13.9. The number of aromatic nitrogens is 3. The molecule has 1 saturated heterocycles. The van der Waals surface area contributed by atoms with E-state index in [1.54, 1.807) is 27.7 Å². The molecule has 20 heteroatoms. The molecule has 2 aromatic rings. The summed E-state index contributed by atoms with van der Waals surface area (Å²) < 4.78 is 57.8. The predicted molar refractivity (Wildman–Crippen MR) is 157 cm³/mol. The fourth-order valence-electron chi connectivity index (χ4n) is 4.45. The van der Waals surface area contributed by atoms with E-state index < -0.39 is 87.4 Å². The molecule has 0 radical (unpaired) electrons. The Labute approximate surface area is 269 Å². The monoisotopic (exact) mass is 684 g/mol. The van der Waals surface area contributed by atoms with Crippen molar-refractivity contribution in [2.75, 3.05) is 19.1 Å². The van der Waals surface area contributed by atoms with Crippen molar-refractivity contribution in [2.24, 2.45) is 0 Å². The summed E-state index contributed by atoms with van der Waals surface area (Å²) >= 11 is 0. The molecule has 0 saturated carbocycles. The van der Waals surface area contributed by atoms with Crippen molar-refractivity contribution >= 4 is 43.1 Å². The van der Waals surface area contributed by atoms with Gasteiger partial charge in [0.2, 0.25) is 12.4 Å². The summed E-state index contributed by atoms with van der Waals surface area (Å²) in [6, 6.07) is 3.64. The molecule has 1 fully saturated rings. The van der Waals surface area contributed by atoms with Crippen molar-refractivity contribution in [2.45, 2.75) is 90.6 Å². The highest BCUT2D eigenvalue weighted by molar-refractivity contribution is 7.51. The van der Waals surface area contributed by atoms with Gasteiger partial charge in [0.25, 0.3) is 0 Å². The lowest BCUT2D eigenvalue weighted by atomic mass is 9.92. The summed E-state index contributed by atoms with van der Waals surface area (Å²) in [4.78, 5) is 52.7. The zero-order valence-electron chi connectivity index (χ0n) is 26.7. The molecule has 0 bridgehead atoms. The van der Waals surface area contributed by atoms with Crippen molar-refractivity contribution in [3.63, 3.8) is 0 Å². The highest BCUT2D eigenvalue weighted by Crippen LogP contribution is 2.48. The molecule has 6 atom stereocenters. The number of rotatable bonds is 14. The zero-order valence-corrected chi connectivity index (χ0v) is 27.6. The molecule has 1 aliphatic heterocycles. The summed E-state index contributed by atoms with van der Waals surface area (Å²) in [5.74, 6) is -2.46. The normalized spacial score (nSPS) is 22.7. The van der Waals surface area contributed by atoms with E-state index in [1.807, 2.05) is 6.07 Å². The van der Waals surface area contributed by atoms with Crippen LogP contribution in [-0.4, -0.2) is 88.6 Å². The molecule has 2 aromatic heterocycles. The molecule has 1 aliphatic rings. The molecule has 47 heavy (non-hydrogen) atoms. The Kier molecular flexibility index (Phi) is 12.2. The molecule has 3 rings (SSSR count). The number of nitrogens with two attached hydrogens (primary N) is 1. The third-order valence-corrected chi connectivity index (χ3v) is 7.86. The minimum absolute atomic E-state index is 0.0228. The fourth-order valence-corrected chi connectivity index (χ4v) is 5.79. The van der Waals surface area contributed by atoms with Gasteiger partial charge < -0.3 is 34.2 Å². The Bertz CT molecular complexity index is 1560. The first-order valence-electron chi connectivity index (χ1n) is 14.2. The lowest BCUT2D eigenvalue weighted by Crippen LogP contribution is -2.45. The van der Waals surface area contributed by atoms with Gasteiger partial charge in [0.15, 0.2) is 18.0 Å². The van der Waals surface area contributed by atoms with Gasteiger partial charge in [-0.3, -0.25) is 23.4 Å². The van der Waals surface area contributed by atoms with E-state index in [0.717, 1.165) is 20.2 Å². The van der Waals surface area contributed by atoms with Crippen LogP contribution in [0, 0.1) is 11.3 Å². The second-order valence-corrected chi connectivity index (χ2v) is 12.5. The molecular weight excluding hydrogens is 647 g/mol. The number of carbonyl (C=O) groups is 4. The number of nitrogen functional groups attached to an aromatic ring is 1. The van der Waals surface area contributed by atoms with Crippen molar-refractivity contribution in [3.05, 3.63) is 24.2 Å². The molecule has 3 N–H and O–H groups in total. The second-order valence-electron chi connectivity index (χ2n) is 10.7. The van der Waals surface area contributed by atoms with Crippen LogP contribution in [0.2, 0.25) is 0 Å². The number of nitriles is 1. The highest BCUT2D eigenvalue weighted by Gasteiger charge is 2.62. The highest BCUT2D eigenvalue weighted by atomic mass is 31.2. The van der Waals surface area contributed by atoms with E-state index in [1.165, 1.54) is 23.6 Å². The van der Waals surface area contributed by atoms with Gasteiger partial charge in [-0.2, -0.15) is 10.4 Å². The van der Waals surface area contributed by atoms with E-state index >= 15 is 0 Å². The minimum Gasteiger partial charge on any atom is -0.462 e. The van der Waals surface area contributed by atoms with Gasteiger partial charge in [-0.15, -0.1) is 0 Å². The topological polar surface area (TPSA) is 251 Å². The predicted octanol–water partition coefficient (Wildman–Crippen LogP) is 1.88. The minimum atomic E-state index is -4.62. The van der Waals surface area contributed by atoms with Crippen molar-refractivity contribution in [1.82, 2.24) is 19.7 Å². The largest absolute Gasteiger partial charge is 0.510 e. The van der Waals surface area contributed by atoms with E-state index in [9.17, 15) is 29.0 Å². The quantitative estimate of drug-likeness (QED) is 0.125. The molecule has 0 amide bonds. The van der Waals surface area contributed by atoms with Gasteiger partial charge in [0.1, 0.15) is 30.1 Å². The first kappa shape index (κ1) is 37.1. The zero-order chi connectivity index (χ0) is 35.1. The third kappa shape index (κ3) is 9.14. The number of anilines is 1. The Morgan fingerprint density at radius 1 is 1.09 bits per heavy atom. The molecule has 19 nitrogen and oxygen atoms in total. The molecular formula is C27H37N6O13P. The molecule has 0 spiro atoms. The van der Waals surface area contributed by atoms with Gasteiger partial charge in [-0.25, -0.2) is 23.9 Å². The van der Waals surface area contributed by atoms with Crippen LogP contribution in [0.25, 0.3) is 5.52 Å². The summed E-state index contributed by atoms with van der Waals surface area (Å²) in [5, 5.41) is 17.1. The van der Waals surface area contributed by atoms with Gasteiger partial charge in [-0.05, 0) is 46.8 Å². The van der Waals surface area contributed by atoms with E-state index in [0.29, 0.717) is 0 Å². The molecule has 0 aromatic carbocycles. The Morgan fingerprint density at radius 3 is 2.34 bits per heavy atom. The Hall–Kier alpha value is -4.34. The fraction of sp³-hybridized carbons (Fsp3) is 0.593. The number of esters is 3. The van der Waals surface area contributed by atoms with E-state index in [2.05, 4.69) is 15.2 Å². The van der Waals surface area contributed by atoms with Crippen LogP contribution in [0.15, 0.2) is 18.5 Å². The summed E-state index contributed by atoms with van der Waals surface area (Å²) in [7, 11) is -4.62. The van der Waals surface area contributed by atoms with Crippen molar-refractivity contribution in [1.29, 1.82) is 5.26 Å². The van der Waals surface area contributed by atoms with Crippen molar-refractivity contribution in [3.8, 4) is 6.07 Å². The Balaban J connectivity index is 1.99. The maximum Gasteiger partial charge on any atom is 0.510 e. The van der Waals surface area contributed by atoms with Crippen molar-refractivity contribution < 1.29 is 61.2 Å². The van der Waals surface area contributed by atoms with Crippen LogP contribution in [0.1, 0.15) is 54.2 Å². The summed E-state index contributed by atoms with van der Waals surface area (Å²) in [6.45, 7) is 8.10. The van der Waals surface area contributed by atoms with Crippen LogP contribution >= 0.6 is 7.75 Å². The average molecular weight is 685 g/mol. The smallest absolute Gasteiger partial charge is 0.462 e. The van der Waals surface area contributed by atoms with Crippen LogP contribution < -0.4 is 10.8 Å². The number of ether oxygens (including phenoxy) is 6. The van der Waals surface area contributed by atoms with E-state index in [4.69, 9.17) is 43.2 Å². The molecule has 258 valence electrons. The van der Waals surface area contributed by atoms with Gasteiger partial charge in [0, 0.05) is 13.8 Å². The average Bonchev–Trinajstić information content (AvgIpc) is 3.52. The molecule has 3 heterocycles. The molecule has 0 unspecified atom stereocenters. The van der Waals surface area contributed by atoms with Crippen LogP contribution in [0.3, 0.4) is 0 Å². The number of hydrogen-bond acceptors (Lipinski definition) is 17. The first-order valence-corrected chi connectivity index (χ1v) is 15.8. The number of nitrogens with one attached hydrogen (secondary N) is 1. The molecule has 0 aliphatic carbocycles. The SMILES string of the molecule is CC(=O)O[C@H]1[C@@H](OC(C)=O)[C@](C#N)(c2ccc3c(N)ncnn23)O[C@@H]1CO[P@](=O)(N[C@@H](C)C(=O)OC(C)C)OCOC(=O)OC(C)C. The van der Waals surface area contributed by atoms with Crippen LogP contribution in [0.5, 0.6) is 0 Å². The lowest BCUT2D eigenvalue weighted by molar-refractivity contribution is -0.166. The summed E-state index contributed by atoms with van der Waals surface area (Å²) in [6.07, 6.45) is -5.65. The second kappa shape index (κ2) is 15.5. The maximum absolute atomic E-state index is 13.9. The third-order valence-electron chi connectivity index (χ3n) is 6.22. The first-order chi connectivity index (χ1) is 22.0. The number of fused-ring (bicyclic) bond motifs is 1. The number of hydrogen-bond donors (Lipinski definition) is 2. The van der Waals surface area contributed by atoms with Crippen LogP contribution in [-0.2, 0) is 62.0 Å². The number of carbonyl (C=O) groups excluding carboxylic acids is 4. The van der Waals surface area contributed by atoms with Gasteiger partial charge in [-0.1, -0.05) is 0 Å². The number of nitrogens with zero attached hydrogens (tertiary/aromatic N) is 4.